The van der Waals surface area contributed by atoms with E-state index in [1.165, 1.54) is 6.92 Å². The van der Waals surface area contributed by atoms with Gasteiger partial charge in [0, 0.05) is 30.8 Å². The van der Waals surface area contributed by atoms with Gasteiger partial charge in [-0.05, 0) is 6.61 Å². The fraction of sp³-hybridized carbons (Fsp3) is 0.375. The van der Waals surface area contributed by atoms with Gasteiger partial charge in [-0.25, -0.2) is 0 Å². The van der Waals surface area contributed by atoms with Crippen LogP contribution in [0.25, 0.3) is 0 Å². The molecule has 0 unspecified atom stereocenters. The minimum Gasteiger partial charge on any atom is -0.545 e. The van der Waals surface area contributed by atoms with Gasteiger partial charge >= 0.3 is 0 Å². The van der Waals surface area contributed by atoms with E-state index in [0.29, 0.717) is 0 Å². The molecule has 15 heavy (non-hydrogen) atoms. The standard InChI is InChI=1S/C4H7O2.CH4O.3CHO.Co/c1-3-6-4(2)5;4*1-2;/h1,3H2,2H3;2H,1H3;3*1H;/q-1;;3*-1;. The van der Waals surface area contributed by atoms with Gasteiger partial charge in [-0.15, -0.1) is 0 Å². The summed E-state index contributed by atoms with van der Waals surface area (Å²) in [5, 5.41) is 7.00. The molecule has 0 rings (SSSR count). The SMILES string of the molecule is CO.[CH-]=O.[CH-]=O.[CH-]=O.[CH2-]COC(C)=O.[Co]. The first-order chi connectivity index (χ1) is 6.77. The molecule has 0 aliphatic rings. The van der Waals surface area contributed by atoms with Crippen LogP contribution in [0.15, 0.2) is 0 Å². The molecule has 0 saturated heterocycles. The van der Waals surface area contributed by atoms with Crippen molar-refractivity contribution in [1.82, 2.24) is 0 Å². The van der Waals surface area contributed by atoms with Crippen LogP contribution in [0.3, 0.4) is 0 Å². The third-order valence-electron chi connectivity index (χ3n) is 0.305. The molecule has 6 nitrogen and oxygen atoms in total. The van der Waals surface area contributed by atoms with Crippen LogP contribution < -0.4 is 0 Å². The van der Waals surface area contributed by atoms with Gasteiger partial charge < -0.3 is 31.2 Å². The first-order valence-corrected chi connectivity index (χ1v) is 2.85. The number of aliphatic hydroxyl groups is 1. The van der Waals surface area contributed by atoms with Crippen molar-refractivity contribution < 1.29 is 45.8 Å². The normalized spacial score (nSPS) is 4.27. The van der Waals surface area contributed by atoms with Gasteiger partial charge in [0.15, 0.2) is 0 Å². The number of esters is 1. The van der Waals surface area contributed by atoms with E-state index < -0.39 is 0 Å². The molecule has 0 amide bonds. The molecule has 0 aliphatic carbocycles. The van der Waals surface area contributed by atoms with Crippen LogP contribution in [0.5, 0.6) is 0 Å². The van der Waals surface area contributed by atoms with Gasteiger partial charge in [-0.3, -0.25) is 25.2 Å². The molecule has 0 aromatic rings. The summed E-state index contributed by atoms with van der Waals surface area (Å²) in [5.41, 5.74) is 0. The zero-order valence-corrected chi connectivity index (χ0v) is 9.51. The Morgan fingerprint density at radius 1 is 1.13 bits per heavy atom. The summed E-state index contributed by atoms with van der Waals surface area (Å²) >= 11 is 0. The Labute approximate surface area is 100 Å². The van der Waals surface area contributed by atoms with Gasteiger partial charge in [-0.2, -0.15) is 0 Å². The minimum absolute atomic E-state index is 0. The summed E-state index contributed by atoms with van der Waals surface area (Å²) < 4.78 is 4.29. The van der Waals surface area contributed by atoms with Crippen LogP contribution in [-0.4, -0.2) is 45.2 Å². The Kier molecular flexibility index (Phi) is 293. The maximum Gasteiger partial charge on any atom is 0.299 e. The van der Waals surface area contributed by atoms with Crippen molar-refractivity contribution in [3.63, 3.8) is 0 Å². The number of hydrogen-bond acceptors (Lipinski definition) is 6. The van der Waals surface area contributed by atoms with Crippen LogP contribution >= 0.6 is 0 Å². The van der Waals surface area contributed by atoms with Crippen molar-refractivity contribution in [2.75, 3.05) is 13.7 Å². The van der Waals surface area contributed by atoms with E-state index in [9.17, 15) is 4.79 Å². The number of aliphatic hydroxyl groups excluding tert-OH is 1. The van der Waals surface area contributed by atoms with E-state index in [1.807, 2.05) is 0 Å². The minimum atomic E-state index is -0.273. The smallest absolute Gasteiger partial charge is 0.299 e. The summed E-state index contributed by atoms with van der Waals surface area (Å²) in [6.45, 7) is 14.6. The summed E-state index contributed by atoms with van der Waals surface area (Å²) in [5.74, 6) is -0.273. The van der Waals surface area contributed by atoms with Gasteiger partial charge in [0.1, 0.15) is 0 Å². The van der Waals surface area contributed by atoms with Crippen LogP contribution in [-0.2, 0) is 40.7 Å². The molecule has 0 bridgehead atoms. The molecule has 7 heteroatoms. The maximum absolute atomic E-state index is 9.78. The van der Waals surface area contributed by atoms with Crippen molar-refractivity contribution in [2.45, 2.75) is 6.92 Å². The average Bonchev–Trinajstić information content (AvgIpc) is 2.29. The van der Waals surface area contributed by atoms with E-state index in [0.717, 1.165) is 7.11 Å². The van der Waals surface area contributed by atoms with E-state index in [4.69, 9.17) is 19.5 Å². The molecule has 95 valence electrons. The second-order valence-corrected chi connectivity index (χ2v) is 0.840. The fourth-order valence-corrected chi connectivity index (χ4v) is 0.144. The van der Waals surface area contributed by atoms with Crippen LogP contribution in [0.2, 0.25) is 0 Å². The summed E-state index contributed by atoms with van der Waals surface area (Å²) in [6, 6.07) is 0. The monoisotopic (exact) mass is 265 g/mol. The fourth-order valence-electron chi connectivity index (χ4n) is 0.144. The third kappa shape index (κ3) is 409. The average molecular weight is 265 g/mol. The number of carbonyl (C=O) groups excluding carboxylic acids is 4. The van der Waals surface area contributed by atoms with Gasteiger partial charge in [0.2, 0.25) is 0 Å². The zero-order chi connectivity index (χ0) is 13.0. The molecule has 0 fully saturated rings. The maximum atomic E-state index is 9.78. The number of rotatable bonds is 1. The predicted molar refractivity (Wildman–Crippen MR) is 50.4 cm³/mol. The topological polar surface area (TPSA) is 97.7 Å². The Balaban J connectivity index is -0.0000000194. The number of hydrogen-bond donors (Lipinski definition) is 1. The van der Waals surface area contributed by atoms with Gasteiger partial charge in [0.25, 0.3) is 5.97 Å². The van der Waals surface area contributed by atoms with Crippen LogP contribution in [0.4, 0.5) is 0 Å². The molecular weight excluding hydrogens is 251 g/mol. The largest absolute Gasteiger partial charge is 0.545 e. The number of carbonyl (C=O) groups is 1. The Bertz CT molecular complexity index is 86.4. The second-order valence-electron chi connectivity index (χ2n) is 0.840. The molecule has 0 heterocycles. The van der Waals surface area contributed by atoms with Gasteiger partial charge in [-0.1, -0.05) is 0 Å². The van der Waals surface area contributed by atoms with Crippen molar-refractivity contribution >= 4 is 26.3 Å². The second kappa shape index (κ2) is 119. The molecule has 0 saturated carbocycles. The Hall–Kier alpha value is -1.05. The molecule has 0 aromatic heterocycles. The predicted octanol–water partition coefficient (Wildman–Crippen LogP) is -0.833. The van der Waals surface area contributed by atoms with Crippen molar-refractivity contribution in [3.8, 4) is 0 Å². The van der Waals surface area contributed by atoms with E-state index in [-0.39, 0.29) is 29.4 Å². The first kappa shape index (κ1) is 37.0. The molecule has 0 atom stereocenters. The molecule has 1 radical (unpaired) electrons. The van der Waals surface area contributed by atoms with Crippen molar-refractivity contribution in [2.24, 2.45) is 0 Å². The summed E-state index contributed by atoms with van der Waals surface area (Å²) in [6.07, 6.45) is 0. The van der Waals surface area contributed by atoms with E-state index >= 15 is 0 Å². The van der Waals surface area contributed by atoms with Crippen molar-refractivity contribution in [1.29, 1.82) is 0 Å². The molecule has 0 spiro atoms. The van der Waals surface area contributed by atoms with E-state index in [1.54, 1.807) is 0 Å². The first-order valence-electron chi connectivity index (χ1n) is 2.85. The molecule has 1 N–H and O–H groups in total. The quantitative estimate of drug-likeness (QED) is 0.377. The van der Waals surface area contributed by atoms with E-state index in [2.05, 4.69) is 32.0 Å². The molecule has 0 aromatic carbocycles. The third-order valence-corrected chi connectivity index (χ3v) is 0.305. The summed E-state index contributed by atoms with van der Waals surface area (Å²) in [7, 11) is 1.00. The molecule has 0 aliphatic heterocycles. The zero-order valence-electron chi connectivity index (χ0n) is 8.47. The number of ether oxygens (including phenoxy) is 1. The van der Waals surface area contributed by atoms with Gasteiger partial charge in [0.05, 0.1) is 0 Å². The van der Waals surface area contributed by atoms with Crippen LogP contribution in [0, 0.1) is 6.92 Å². The van der Waals surface area contributed by atoms with Crippen molar-refractivity contribution in [3.05, 3.63) is 6.92 Å². The molecular formula is C8H14CoO6-4. The van der Waals surface area contributed by atoms with Crippen LogP contribution in [0.1, 0.15) is 6.92 Å². The Morgan fingerprint density at radius 3 is 1.33 bits per heavy atom. The summed E-state index contributed by atoms with van der Waals surface area (Å²) in [4.78, 5) is 33.0. The Morgan fingerprint density at radius 2 is 1.33 bits per heavy atom.